The number of piperazine rings is 1. The van der Waals surface area contributed by atoms with Crippen LogP contribution in [0.4, 0.5) is 23.2 Å². The number of pyridine rings is 1. The van der Waals surface area contributed by atoms with Gasteiger partial charge in [-0.2, -0.15) is 13.2 Å². The smallest absolute Gasteiger partial charge is 0.418 e. The normalized spacial score (nSPS) is 13.9. The van der Waals surface area contributed by atoms with E-state index in [1.54, 1.807) is 24.3 Å². The number of anilines is 1. The lowest BCUT2D eigenvalue weighted by molar-refractivity contribution is -0.137. The Balaban J connectivity index is 1.09. The molecule has 1 aliphatic rings. The molecule has 1 fully saturated rings. The third kappa shape index (κ3) is 8.07. The van der Waals surface area contributed by atoms with Gasteiger partial charge in [-0.05, 0) is 62.0 Å². The first-order valence-corrected chi connectivity index (χ1v) is 17.5. The molecule has 15 heteroatoms. The van der Waals surface area contributed by atoms with Gasteiger partial charge in [-0.1, -0.05) is 24.3 Å². The van der Waals surface area contributed by atoms with Gasteiger partial charge >= 0.3 is 6.18 Å². The van der Waals surface area contributed by atoms with Crippen molar-refractivity contribution in [2.75, 3.05) is 58.8 Å². The molecule has 284 valence electrons. The number of nitrogens with one attached hydrogen (secondary N) is 1. The summed E-state index contributed by atoms with van der Waals surface area (Å²) in [5.74, 6) is -0.831. The number of likely N-dealkylation sites (N-methyl/N-ethyl adjacent to an activating group) is 1. The predicted molar refractivity (Wildman–Crippen MR) is 199 cm³/mol. The van der Waals surface area contributed by atoms with Gasteiger partial charge in [0.05, 0.1) is 41.5 Å². The molecular weight excluding hydrogens is 720 g/mol. The Morgan fingerprint density at radius 1 is 0.873 bits per heavy atom. The maximum Gasteiger partial charge on any atom is 0.418 e. The highest BCUT2D eigenvalue weighted by Gasteiger charge is 2.35. The number of rotatable bonds is 11. The predicted octanol–water partition coefficient (Wildman–Crippen LogP) is 7.16. The monoisotopic (exact) mass is 756 g/mol. The standard InChI is InChI=1S/C40H36F4N6O5/c1-48-17-19-49(20-18-48)16-7-21-54-36-24-30-26(23-35(36)53-2)33(14-15-45-30)55-34-13-12-25(22-28(34)41)46-38(51)37-39(52)50(32-11-6-4-9-29(32)47-37)31-10-5-3-8-27(31)40(42,43)44/h3-6,8-15,22-24H,7,16-21H2,1-2H3,(H,46,51). The number of carbonyl (C=O) groups excluding carboxylic acids is 1. The summed E-state index contributed by atoms with van der Waals surface area (Å²) in [5, 5.41) is 2.97. The van der Waals surface area contributed by atoms with Crippen LogP contribution in [0.1, 0.15) is 22.5 Å². The van der Waals surface area contributed by atoms with Crippen molar-refractivity contribution in [1.29, 1.82) is 0 Å². The molecule has 1 amide bonds. The highest BCUT2D eigenvalue weighted by Crippen LogP contribution is 2.38. The average molecular weight is 757 g/mol. The summed E-state index contributed by atoms with van der Waals surface area (Å²) in [6, 6.07) is 19.2. The number of benzene rings is 4. The highest BCUT2D eigenvalue weighted by atomic mass is 19.4. The highest BCUT2D eigenvalue weighted by molar-refractivity contribution is 6.03. The molecule has 0 radical (unpaired) electrons. The van der Waals surface area contributed by atoms with E-state index in [4.69, 9.17) is 14.2 Å². The van der Waals surface area contributed by atoms with Gasteiger partial charge in [0.25, 0.3) is 11.5 Å². The minimum atomic E-state index is -4.79. The number of aromatic nitrogens is 3. The molecule has 0 spiro atoms. The Morgan fingerprint density at radius 3 is 2.40 bits per heavy atom. The molecule has 6 aromatic rings. The molecule has 11 nitrogen and oxygen atoms in total. The molecule has 0 unspecified atom stereocenters. The van der Waals surface area contributed by atoms with E-state index in [0.717, 1.165) is 61.9 Å². The van der Waals surface area contributed by atoms with Crippen molar-refractivity contribution >= 4 is 33.5 Å². The van der Waals surface area contributed by atoms with Crippen molar-refractivity contribution < 1.29 is 36.6 Å². The van der Waals surface area contributed by atoms with Gasteiger partial charge in [-0.3, -0.25) is 19.1 Å². The zero-order chi connectivity index (χ0) is 38.7. The van der Waals surface area contributed by atoms with Crippen LogP contribution in [0.2, 0.25) is 0 Å². The number of hydrogen-bond donors (Lipinski definition) is 1. The second kappa shape index (κ2) is 15.7. The molecule has 1 aliphatic heterocycles. The van der Waals surface area contributed by atoms with E-state index in [0.29, 0.717) is 29.0 Å². The van der Waals surface area contributed by atoms with Crippen LogP contribution in [0, 0.1) is 5.82 Å². The van der Waals surface area contributed by atoms with Gasteiger partial charge in [0.15, 0.2) is 28.8 Å². The summed E-state index contributed by atoms with van der Waals surface area (Å²) < 4.78 is 75.9. The topological polar surface area (TPSA) is 111 Å². The fraction of sp³-hybridized carbons (Fsp3) is 0.250. The van der Waals surface area contributed by atoms with Gasteiger partial charge in [-0.15, -0.1) is 0 Å². The molecule has 0 atom stereocenters. The number of amides is 1. The molecular formula is C40H36F4N6O5. The molecule has 0 aliphatic carbocycles. The Kier molecular flexibility index (Phi) is 10.7. The van der Waals surface area contributed by atoms with Crippen LogP contribution in [0.3, 0.4) is 0 Å². The van der Waals surface area contributed by atoms with Gasteiger partial charge in [-0.25, -0.2) is 9.37 Å². The van der Waals surface area contributed by atoms with Crippen molar-refractivity contribution in [3.63, 3.8) is 0 Å². The van der Waals surface area contributed by atoms with Crippen molar-refractivity contribution in [3.8, 4) is 28.7 Å². The minimum absolute atomic E-state index is 0.0536. The minimum Gasteiger partial charge on any atom is -0.493 e. The molecule has 0 bridgehead atoms. The first-order chi connectivity index (χ1) is 26.5. The Hall–Kier alpha value is -6.06. The number of hydrogen-bond acceptors (Lipinski definition) is 9. The first-order valence-electron chi connectivity index (χ1n) is 17.5. The summed E-state index contributed by atoms with van der Waals surface area (Å²) >= 11 is 0. The molecule has 55 heavy (non-hydrogen) atoms. The van der Waals surface area contributed by atoms with E-state index >= 15 is 4.39 Å². The quantitative estimate of drug-likeness (QED) is 0.109. The lowest BCUT2D eigenvalue weighted by Gasteiger charge is -2.32. The summed E-state index contributed by atoms with van der Waals surface area (Å²) in [4.78, 5) is 40.4. The number of nitrogens with zero attached hydrogens (tertiary/aromatic N) is 5. The van der Waals surface area contributed by atoms with Gasteiger partial charge < -0.3 is 29.3 Å². The molecule has 7 rings (SSSR count). The summed E-state index contributed by atoms with van der Waals surface area (Å²) in [6.45, 7) is 5.55. The first kappa shape index (κ1) is 37.3. The van der Waals surface area contributed by atoms with Crippen LogP contribution in [0.15, 0.2) is 95.9 Å². The van der Waals surface area contributed by atoms with Crippen LogP contribution in [-0.4, -0.2) is 83.7 Å². The summed E-state index contributed by atoms with van der Waals surface area (Å²) in [6.07, 6.45) is -2.44. The average Bonchev–Trinajstić information content (AvgIpc) is 3.17. The van der Waals surface area contributed by atoms with Gasteiger partial charge in [0, 0.05) is 62.1 Å². The van der Waals surface area contributed by atoms with Crippen molar-refractivity contribution in [1.82, 2.24) is 24.3 Å². The zero-order valence-electron chi connectivity index (χ0n) is 29.9. The number of fused-ring (bicyclic) bond motifs is 2. The van der Waals surface area contributed by atoms with E-state index in [9.17, 15) is 22.8 Å². The number of halogens is 4. The lowest BCUT2D eigenvalue weighted by Crippen LogP contribution is -2.44. The summed E-state index contributed by atoms with van der Waals surface area (Å²) in [5.41, 5.74) is -2.68. The van der Waals surface area contributed by atoms with Gasteiger partial charge in [0.1, 0.15) is 5.75 Å². The van der Waals surface area contributed by atoms with E-state index in [-0.39, 0.29) is 28.2 Å². The van der Waals surface area contributed by atoms with Gasteiger partial charge in [0.2, 0.25) is 0 Å². The van der Waals surface area contributed by atoms with E-state index < -0.39 is 40.4 Å². The number of methoxy groups -OCH3 is 1. The van der Waals surface area contributed by atoms with Crippen LogP contribution in [-0.2, 0) is 6.18 Å². The second-order valence-corrected chi connectivity index (χ2v) is 13.0. The maximum absolute atomic E-state index is 15.5. The number of para-hydroxylation sites is 3. The van der Waals surface area contributed by atoms with Crippen LogP contribution >= 0.6 is 0 Å². The third-order valence-corrected chi connectivity index (χ3v) is 9.29. The van der Waals surface area contributed by atoms with Crippen molar-refractivity contribution in [2.24, 2.45) is 0 Å². The second-order valence-electron chi connectivity index (χ2n) is 13.0. The lowest BCUT2D eigenvalue weighted by atomic mass is 10.1. The fourth-order valence-corrected chi connectivity index (χ4v) is 6.43. The number of carbonyl (C=O) groups is 1. The van der Waals surface area contributed by atoms with Crippen LogP contribution in [0.25, 0.3) is 27.6 Å². The maximum atomic E-state index is 15.5. The molecule has 1 saturated heterocycles. The number of ether oxygens (including phenoxy) is 3. The third-order valence-electron chi connectivity index (χ3n) is 9.29. The van der Waals surface area contributed by atoms with Crippen LogP contribution < -0.4 is 25.1 Å². The van der Waals surface area contributed by atoms with Crippen molar-refractivity contribution in [2.45, 2.75) is 12.6 Å². The Morgan fingerprint density at radius 2 is 1.64 bits per heavy atom. The largest absolute Gasteiger partial charge is 0.493 e. The molecule has 4 aromatic carbocycles. The van der Waals surface area contributed by atoms with Crippen LogP contribution in [0.5, 0.6) is 23.0 Å². The molecule has 0 saturated carbocycles. The SMILES string of the molecule is COc1cc2c(Oc3ccc(NC(=O)c4nc5ccccc5n(-c5ccccc5C(F)(F)F)c4=O)cc3F)ccnc2cc1OCCCN1CCN(C)CC1. The molecule has 1 N–H and O–H groups in total. The van der Waals surface area contributed by atoms with E-state index in [1.807, 2.05) is 0 Å². The fourth-order valence-electron chi connectivity index (χ4n) is 6.43. The van der Waals surface area contributed by atoms with E-state index in [1.165, 1.54) is 55.8 Å². The summed E-state index contributed by atoms with van der Waals surface area (Å²) in [7, 11) is 3.64. The van der Waals surface area contributed by atoms with E-state index in [2.05, 4.69) is 32.1 Å². The zero-order valence-corrected chi connectivity index (χ0v) is 29.9. The Labute approximate surface area is 312 Å². The van der Waals surface area contributed by atoms with Crippen molar-refractivity contribution in [3.05, 3.63) is 119 Å². The Bertz CT molecular complexity index is 2430. The molecule has 2 aromatic heterocycles. The molecule has 3 heterocycles. The number of alkyl halides is 3.